The van der Waals surface area contributed by atoms with E-state index in [9.17, 15) is 9.59 Å². The number of rotatable bonds is 16. The zero-order valence-corrected chi connectivity index (χ0v) is 16.8. The lowest BCUT2D eigenvalue weighted by Gasteiger charge is -2.23. The van der Waals surface area contributed by atoms with Crippen LogP contribution in [0, 0.1) is 0 Å². The van der Waals surface area contributed by atoms with Crippen LogP contribution in [0.4, 0.5) is 0 Å². The summed E-state index contributed by atoms with van der Waals surface area (Å²) in [5.41, 5.74) is 0. The van der Waals surface area contributed by atoms with Gasteiger partial charge in [-0.3, -0.25) is 9.59 Å². The zero-order chi connectivity index (χ0) is 18.9. The largest absolute Gasteiger partial charge is 0.458 e. The van der Waals surface area contributed by atoms with Crippen molar-refractivity contribution in [2.24, 2.45) is 0 Å². The normalized spacial score (nSPS) is 12.0. The first-order valence-electron chi connectivity index (χ1n) is 9.94. The van der Waals surface area contributed by atoms with Gasteiger partial charge in [0.05, 0.1) is 13.2 Å². The minimum absolute atomic E-state index is 0.0492. The van der Waals surface area contributed by atoms with E-state index in [1.165, 1.54) is 76.5 Å². The Morgan fingerprint density at radius 3 is 1.88 bits per heavy atom. The summed E-state index contributed by atoms with van der Waals surface area (Å²) in [5, 5.41) is 0. The molecule has 5 heteroatoms. The lowest BCUT2D eigenvalue weighted by atomic mass is 10.1. The van der Waals surface area contributed by atoms with E-state index in [0.29, 0.717) is 19.8 Å². The van der Waals surface area contributed by atoms with E-state index in [2.05, 4.69) is 6.92 Å². The number of carbonyl (C=O) groups is 2. The van der Waals surface area contributed by atoms with Gasteiger partial charge >= 0.3 is 5.97 Å². The van der Waals surface area contributed by atoms with E-state index in [-0.39, 0.29) is 11.9 Å². The van der Waals surface area contributed by atoms with Gasteiger partial charge in [-0.2, -0.15) is 0 Å². The van der Waals surface area contributed by atoms with Crippen LogP contribution in [0.25, 0.3) is 0 Å². The molecule has 0 aromatic carbocycles. The maximum absolute atomic E-state index is 11.3. The Hall–Kier alpha value is -1.10. The van der Waals surface area contributed by atoms with Crippen LogP contribution in [-0.4, -0.2) is 49.7 Å². The second kappa shape index (κ2) is 16.4. The molecule has 0 rings (SSSR count). The third-order valence-corrected chi connectivity index (χ3v) is 4.29. The Kier molecular flexibility index (Phi) is 15.7. The second-order valence-electron chi connectivity index (χ2n) is 6.89. The van der Waals surface area contributed by atoms with E-state index in [1.54, 1.807) is 7.05 Å². The molecule has 1 unspecified atom stereocenters. The lowest BCUT2D eigenvalue weighted by Crippen LogP contribution is -2.37. The Labute approximate surface area is 154 Å². The van der Waals surface area contributed by atoms with Gasteiger partial charge in [0.2, 0.25) is 5.91 Å². The summed E-state index contributed by atoms with van der Waals surface area (Å²) in [7, 11) is 1.70. The fourth-order valence-electron chi connectivity index (χ4n) is 2.70. The maximum atomic E-state index is 11.3. The minimum Gasteiger partial charge on any atom is -0.458 e. The van der Waals surface area contributed by atoms with Crippen LogP contribution in [-0.2, 0) is 19.1 Å². The van der Waals surface area contributed by atoms with Crippen molar-refractivity contribution in [1.82, 2.24) is 4.90 Å². The minimum atomic E-state index is -0.394. The molecule has 1 atom stereocenters. The molecule has 0 bridgehead atoms. The molecule has 0 fully saturated rings. The molecule has 0 saturated heterocycles. The first-order chi connectivity index (χ1) is 12.0. The molecule has 148 valence electrons. The molecule has 0 N–H and O–H groups in total. The molecular weight excluding hydrogens is 318 g/mol. The third-order valence-electron chi connectivity index (χ3n) is 4.29. The Morgan fingerprint density at radius 2 is 1.40 bits per heavy atom. The summed E-state index contributed by atoms with van der Waals surface area (Å²) in [6, 6.07) is 0. The molecule has 5 nitrogen and oxygen atoms in total. The van der Waals surface area contributed by atoms with Crippen LogP contribution >= 0.6 is 0 Å². The van der Waals surface area contributed by atoms with Gasteiger partial charge in [-0.05, 0) is 6.42 Å². The van der Waals surface area contributed by atoms with Gasteiger partial charge < -0.3 is 14.4 Å². The van der Waals surface area contributed by atoms with Crippen molar-refractivity contribution in [2.75, 3.05) is 26.8 Å². The molecule has 0 heterocycles. The molecule has 0 aliphatic carbocycles. The molecule has 25 heavy (non-hydrogen) atoms. The molecule has 0 aliphatic rings. The number of ether oxygens (including phenoxy) is 2. The van der Waals surface area contributed by atoms with E-state index in [1.807, 2.05) is 0 Å². The molecule has 0 saturated carbocycles. The van der Waals surface area contributed by atoms with Crippen LogP contribution in [0.5, 0.6) is 0 Å². The van der Waals surface area contributed by atoms with E-state index >= 15 is 0 Å². The van der Waals surface area contributed by atoms with Crippen molar-refractivity contribution in [3.05, 3.63) is 0 Å². The number of unbranched alkanes of at least 4 members (excludes halogenated alkanes) is 9. The van der Waals surface area contributed by atoms with Gasteiger partial charge in [-0.1, -0.05) is 64.7 Å². The van der Waals surface area contributed by atoms with Gasteiger partial charge in [0, 0.05) is 27.5 Å². The van der Waals surface area contributed by atoms with Gasteiger partial charge in [-0.25, -0.2) is 0 Å². The van der Waals surface area contributed by atoms with Crippen molar-refractivity contribution in [3.63, 3.8) is 0 Å². The third kappa shape index (κ3) is 16.1. The highest BCUT2D eigenvalue weighted by Gasteiger charge is 2.16. The molecule has 0 aromatic heterocycles. The molecule has 0 spiro atoms. The molecule has 0 aliphatic heterocycles. The molecule has 1 amide bonds. The van der Waals surface area contributed by atoms with Crippen molar-refractivity contribution in [3.8, 4) is 0 Å². The number of likely N-dealkylation sites (N-methyl/N-ethyl adjacent to an activating group) is 1. The quantitative estimate of drug-likeness (QED) is 0.305. The number of hydrogen-bond donors (Lipinski definition) is 0. The van der Waals surface area contributed by atoms with Crippen LogP contribution in [0.2, 0.25) is 0 Å². The van der Waals surface area contributed by atoms with Gasteiger partial charge in [0.15, 0.2) is 0 Å². The van der Waals surface area contributed by atoms with Crippen LogP contribution < -0.4 is 0 Å². The van der Waals surface area contributed by atoms with Crippen molar-refractivity contribution in [2.45, 2.75) is 91.1 Å². The Balaban J connectivity index is 3.61. The highest BCUT2D eigenvalue weighted by atomic mass is 16.6. The molecule has 0 radical (unpaired) electrons. The standard InChI is InChI=1S/C20H39NO4/c1-5-6-7-8-9-10-11-12-13-14-15-24-17-20(25-19(3)23)16-21(4)18(2)22/h20H,5-17H2,1-4H3. The van der Waals surface area contributed by atoms with E-state index in [0.717, 1.165) is 6.42 Å². The van der Waals surface area contributed by atoms with Crippen LogP contribution in [0.15, 0.2) is 0 Å². The number of hydrogen-bond acceptors (Lipinski definition) is 4. The molecular formula is C20H39NO4. The number of carbonyl (C=O) groups excluding carboxylic acids is 2. The average Bonchev–Trinajstić information content (AvgIpc) is 2.55. The van der Waals surface area contributed by atoms with Crippen LogP contribution in [0.1, 0.15) is 85.0 Å². The first-order valence-corrected chi connectivity index (χ1v) is 9.94. The topological polar surface area (TPSA) is 55.8 Å². The zero-order valence-electron chi connectivity index (χ0n) is 16.8. The summed E-state index contributed by atoms with van der Waals surface area (Å²) >= 11 is 0. The highest BCUT2D eigenvalue weighted by Crippen LogP contribution is 2.10. The fourth-order valence-corrected chi connectivity index (χ4v) is 2.70. The monoisotopic (exact) mass is 357 g/mol. The summed E-state index contributed by atoms with van der Waals surface area (Å²) in [6.45, 7) is 6.51. The fraction of sp³-hybridized carbons (Fsp3) is 0.900. The van der Waals surface area contributed by atoms with Crippen molar-refractivity contribution >= 4 is 11.9 Å². The van der Waals surface area contributed by atoms with Crippen LogP contribution in [0.3, 0.4) is 0 Å². The second-order valence-corrected chi connectivity index (χ2v) is 6.89. The predicted octanol–water partition coefficient (Wildman–Crippen LogP) is 4.33. The summed E-state index contributed by atoms with van der Waals surface area (Å²) in [5.74, 6) is -0.392. The summed E-state index contributed by atoms with van der Waals surface area (Å²) in [4.78, 5) is 24.0. The Bertz CT molecular complexity index is 347. The number of amides is 1. The Morgan fingerprint density at radius 1 is 0.880 bits per heavy atom. The smallest absolute Gasteiger partial charge is 0.303 e. The predicted molar refractivity (Wildman–Crippen MR) is 102 cm³/mol. The first kappa shape index (κ1) is 23.9. The lowest BCUT2D eigenvalue weighted by molar-refractivity contribution is -0.152. The summed E-state index contributed by atoms with van der Waals surface area (Å²) < 4.78 is 10.8. The highest BCUT2D eigenvalue weighted by molar-refractivity contribution is 5.73. The van der Waals surface area contributed by atoms with Gasteiger partial charge in [-0.15, -0.1) is 0 Å². The van der Waals surface area contributed by atoms with E-state index < -0.39 is 6.10 Å². The summed E-state index contributed by atoms with van der Waals surface area (Å²) in [6.07, 6.45) is 12.5. The van der Waals surface area contributed by atoms with E-state index in [4.69, 9.17) is 9.47 Å². The SMILES string of the molecule is CCCCCCCCCCCCOCC(CN(C)C(C)=O)OC(C)=O. The van der Waals surface area contributed by atoms with Crippen molar-refractivity contribution in [1.29, 1.82) is 0 Å². The number of nitrogens with zero attached hydrogens (tertiary/aromatic N) is 1. The number of esters is 1. The average molecular weight is 358 g/mol. The van der Waals surface area contributed by atoms with Gasteiger partial charge in [0.1, 0.15) is 6.10 Å². The molecule has 0 aromatic rings. The maximum Gasteiger partial charge on any atom is 0.303 e. The van der Waals surface area contributed by atoms with Gasteiger partial charge in [0.25, 0.3) is 0 Å². The van der Waals surface area contributed by atoms with Crippen molar-refractivity contribution < 1.29 is 19.1 Å².